The Labute approximate surface area is 139 Å². The van der Waals surface area contributed by atoms with Gasteiger partial charge in [0, 0.05) is 23.2 Å². The van der Waals surface area contributed by atoms with Gasteiger partial charge in [0.05, 0.1) is 18.0 Å². The Balaban J connectivity index is 2.27. The summed E-state index contributed by atoms with van der Waals surface area (Å²) in [6.45, 7) is 4.00. The number of halogens is 3. The molecule has 0 unspecified atom stereocenters. The van der Waals surface area contributed by atoms with Crippen LogP contribution >= 0.6 is 11.6 Å². The zero-order valence-corrected chi connectivity index (χ0v) is 13.7. The summed E-state index contributed by atoms with van der Waals surface area (Å²) >= 11 is 5.89. The van der Waals surface area contributed by atoms with Gasteiger partial charge in [-0.05, 0) is 36.2 Å². The standard InChI is InChI=1S/C17H19ClF2N2O/c1-10(2)17(9-23)21-8-16-14(20)5-6-15(22-16)12-7-11(18)3-4-13(12)19/h3-7,10,17,21,23H,8-9H2,1-2H3/t17-/m0/s1. The number of aromatic nitrogens is 1. The van der Waals surface area contributed by atoms with Gasteiger partial charge in [-0.2, -0.15) is 0 Å². The summed E-state index contributed by atoms with van der Waals surface area (Å²) < 4.78 is 27.9. The third kappa shape index (κ3) is 4.47. The summed E-state index contributed by atoms with van der Waals surface area (Å²) in [7, 11) is 0. The Bertz CT molecular complexity index is 680. The quantitative estimate of drug-likeness (QED) is 0.841. The van der Waals surface area contributed by atoms with Crippen molar-refractivity contribution in [1.82, 2.24) is 10.3 Å². The van der Waals surface area contributed by atoms with Crippen LogP contribution in [0.15, 0.2) is 30.3 Å². The van der Waals surface area contributed by atoms with Crippen molar-refractivity contribution in [2.45, 2.75) is 26.4 Å². The van der Waals surface area contributed by atoms with E-state index in [0.717, 1.165) is 0 Å². The summed E-state index contributed by atoms with van der Waals surface area (Å²) in [5.74, 6) is -0.761. The summed E-state index contributed by atoms with van der Waals surface area (Å²) in [5.41, 5.74) is 0.704. The molecule has 0 radical (unpaired) electrons. The van der Waals surface area contributed by atoms with Crippen molar-refractivity contribution in [2.75, 3.05) is 6.61 Å². The van der Waals surface area contributed by atoms with Gasteiger partial charge >= 0.3 is 0 Å². The molecule has 2 rings (SSSR count). The van der Waals surface area contributed by atoms with Crippen LogP contribution in [0.5, 0.6) is 0 Å². The van der Waals surface area contributed by atoms with E-state index in [1.807, 2.05) is 13.8 Å². The highest BCUT2D eigenvalue weighted by molar-refractivity contribution is 6.30. The fourth-order valence-electron chi connectivity index (χ4n) is 2.19. The molecule has 0 aliphatic rings. The van der Waals surface area contributed by atoms with Crippen LogP contribution < -0.4 is 5.32 Å². The van der Waals surface area contributed by atoms with Crippen LogP contribution in [0.1, 0.15) is 19.5 Å². The summed E-state index contributed by atoms with van der Waals surface area (Å²) in [6, 6.07) is 6.66. The normalized spacial score (nSPS) is 12.7. The predicted octanol–water partition coefficient (Wildman–Crippen LogP) is 3.79. The van der Waals surface area contributed by atoms with Crippen LogP contribution in [-0.2, 0) is 6.54 Å². The molecule has 124 valence electrons. The number of nitrogens with one attached hydrogen (secondary N) is 1. The molecular formula is C17H19ClF2N2O. The molecule has 0 fully saturated rings. The van der Waals surface area contributed by atoms with Gasteiger partial charge in [0.15, 0.2) is 0 Å². The van der Waals surface area contributed by atoms with Crippen LogP contribution in [0.25, 0.3) is 11.3 Å². The van der Waals surface area contributed by atoms with Crippen LogP contribution in [-0.4, -0.2) is 22.7 Å². The van der Waals surface area contributed by atoms with E-state index in [1.165, 1.54) is 30.3 Å². The predicted molar refractivity (Wildman–Crippen MR) is 87.2 cm³/mol. The van der Waals surface area contributed by atoms with Gasteiger partial charge in [-0.3, -0.25) is 0 Å². The second-order valence-corrected chi connectivity index (χ2v) is 6.10. The van der Waals surface area contributed by atoms with Gasteiger partial charge in [0.25, 0.3) is 0 Å². The van der Waals surface area contributed by atoms with Gasteiger partial charge in [0.2, 0.25) is 0 Å². The molecule has 23 heavy (non-hydrogen) atoms. The zero-order chi connectivity index (χ0) is 17.0. The highest BCUT2D eigenvalue weighted by Crippen LogP contribution is 2.25. The number of hydrogen-bond acceptors (Lipinski definition) is 3. The smallest absolute Gasteiger partial charge is 0.146 e. The van der Waals surface area contributed by atoms with Gasteiger partial charge in [0.1, 0.15) is 11.6 Å². The van der Waals surface area contributed by atoms with Crippen molar-refractivity contribution in [2.24, 2.45) is 5.92 Å². The first-order valence-corrected chi connectivity index (χ1v) is 7.75. The lowest BCUT2D eigenvalue weighted by Gasteiger charge is -2.20. The van der Waals surface area contributed by atoms with E-state index in [1.54, 1.807) is 0 Å². The van der Waals surface area contributed by atoms with E-state index >= 15 is 0 Å². The minimum Gasteiger partial charge on any atom is -0.395 e. The fourth-order valence-corrected chi connectivity index (χ4v) is 2.36. The van der Waals surface area contributed by atoms with Crippen LogP contribution in [0.4, 0.5) is 8.78 Å². The molecule has 0 bridgehead atoms. The fraction of sp³-hybridized carbons (Fsp3) is 0.353. The SMILES string of the molecule is CC(C)[C@H](CO)NCc1nc(-c2cc(Cl)ccc2F)ccc1F. The maximum atomic E-state index is 13.9. The monoisotopic (exact) mass is 340 g/mol. The number of aliphatic hydroxyl groups is 1. The average Bonchev–Trinajstić information content (AvgIpc) is 2.51. The third-order valence-corrected chi connectivity index (χ3v) is 3.89. The van der Waals surface area contributed by atoms with Crippen molar-refractivity contribution in [1.29, 1.82) is 0 Å². The van der Waals surface area contributed by atoms with Gasteiger partial charge < -0.3 is 10.4 Å². The summed E-state index contributed by atoms with van der Waals surface area (Å²) in [6.07, 6.45) is 0. The molecule has 1 aromatic heterocycles. The molecular weight excluding hydrogens is 322 g/mol. The Morgan fingerprint density at radius 1 is 1.17 bits per heavy atom. The molecule has 0 aliphatic heterocycles. The molecule has 1 atom stereocenters. The lowest BCUT2D eigenvalue weighted by Crippen LogP contribution is -2.36. The highest BCUT2D eigenvalue weighted by atomic mass is 35.5. The molecule has 2 N–H and O–H groups in total. The van der Waals surface area contributed by atoms with Gasteiger partial charge in [-0.1, -0.05) is 25.4 Å². The molecule has 3 nitrogen and oxygen atoms in total. The van der Waals surface area contributed by atoms with E-state index < -0.39 is 11.6 Å². The summed E-state index contributed by atoms with van der Waals surface area (Å²) in [5, 5.41) is 12.7. The van der Waals surface area contributed by atoms with E-state index in [0.29, 0.717) is 10.7 Å². The second kappa shape index (κ2) is 7.81. The molecule has 0 amide bonds. The van der Waals surface area contributed by atoms with E-state index in [-0.39, 0.29) is 36.4 Å². The topological polar surface area (TPSA) is 45.1 Å². The minimum atomic E-state index is -0.482. The van der Waals surface area contributed by atoms with Crippen LogP contribution in [0.2, 0.25) is 5.02 Å². The first kappa shape index (κ1) is 17.8. The number of pyridine rings is 1. The summed E-state index contributed by atoms with van der Waals surface area (Å²) in [4.78, 5) is 4.19. The molecule has 1 aromatic carbocycles. The molecule has 0 saturated heterocycles. The number of hydrogen-bond donors (Lipinski definition) is 2. The van der Waals surface area contributed by atoms with E-state index in [4.69, 9.17) is 11.6 Å². The molecule has 2 aromatic rings. The maximum Gasteiger partial charge on any atom is 0.146 e. The maximum absolute atomic E-state index is 13.9. The van der Waals surface area contributed by atoms with Crippen molar-refractivity contribution >= 4 is 11.6 Å². The molecule has 6 heteroatoms. The first-order chi connectivity index (χ1) is 10.9. The van der Waals surface area contributed by atoms with E-state index in [9.17, 15) is 13.9 Å². The Hall–Kier alpha value is -1.56. The Kier molecular flexibility index (Phi) is 6.04. The lowest BCUT2D eigenvalue weighted by atomic mass is 10.1. The number of aliphatic hydroxyl groups excluding tert-OH is 1. The van der Waals surface area contributed by atoms with Crippen molar-refractivity contribution in [3.63, 3.8) is 0 Å². The zero-order valence-electron chi connectivity index (χ0n) is 13.0. The molecule has 0 saturated carbocycles. The van der Waals surface area contributed by atoms with Crippen molar-refractivity contribution in [3.8, 4) is 11.3 Å². The molecule has 1 heterocycles. The molecule has 0 aliphatic carbocycles. The van der Waals surface area contributed by atoms with Gasteiger partial charge in [-0.25, -0.2) is 13.8 Å². The van der Waals surface area contributed by atoms with Crippen LogP contribution in [0.3, 0.4) is 0 Å². The third-order valence-electron chi connectivity index (χ3n) is 3.66. The average molecular weight is 341 g/mol. The first-order valence-electron chi connectivity index (χ1n) is 7.37. The second-order valence-electron chi connectivity index (χ2n) is 5.66. The minimum absolute atomic E-state index is 0.0537. The Morgan fingerprint density at radius 3 is 2.52 bits per heavy atom. The largest absolute Gasteiger partial charge is 0.395 e. The van der Waals surface area contributed by atoms with Gasteiger partial charge in [-0.15, -0.1) is 0 Å². The number of rotatable bonds is 6. The number of nitrogens with zero attached hydrogens (tertiary/aromatic N) is 1. The number of benzene rings is 1. The Morgan fingerprint density at radius 2 is 1.87 bits per heavy atom. The lowest BCUT2D eigenvalue weighted by molar-refractivity contribution is 0.209. The highest BCUT2D eigenvalue weighted by Gasteiger charge is 2.15. The van der Waals surface area contributed by atoms with Crippen molar-refractivity contribution < 1.29 is 13.9 Å². The molecule has 0 spiro atoms. The van der Waals surface area contributed by atoms with Crippen molar-refractivity contribution in [3.05, 3.63) is 52.7 Å². The van der Waals surface area contributed by atoms with Crippen LogP contribution in [0, 0.1) is 17.6 Å². The van der Waals surface area contributed by atoms with E-state index in [2.05, 4.69) is 10.3 Å².